The Morgan fingerprint density at radius 3 is 2.79 bits per heavy atom. The van der Waals surface area contributed by atoms with E-state index >= 15 is 0 Å². The normalized spacial score (nSPS) is 24.0. The lowest BCUT2D eigenvalue weighted by molar-refractivity contribution is -0.0484. The van der Waals surface area contributed by atoms with E-state index in [9.17, 15) is 4.79 Å². The molecule has 1 aromatic heterocycles. The lowest BCUT2D eigenvalue weighted by Gasteiger charge is -2.49. The number of rotatable bonds is 3. The number of aryl methyl sites for hydroxylation is 1. The van der Waals surface area contributed by atoms with Gasteiger partial charge in [0.1, 0.15) is 0 Å². The van der Waals surface area contributed by atoms with Crippen LogP contribution in [0, 0.1) is 5.41 Å². The number of carbonyl (C=O) groups excluding carboxylic acids is 1. The summed E-state index contributed by atoms with van der Waals surface area (Å²) < 4.78 is 7.51. The maximum Gasteiger partial charge on any atom is 0.317 e. The van der Waals surface area contributed by atoms with Crippen molar-refractivity contribution in [2.24, 2.45) is 12.5 Å². The molecule has 1 atom stereocenters. The summed E-state index contributed by atoms with van der Waals surface area (Å²) >= 11 is 0. The molecule has 1 N–H and O–H groups in total. The van der Waals surface area contributed by atoms with Crippen LogP contribution in [0.3, 0.4) is 0 Å². The number of amides is 2. The van der Waals surface area contributed by atoms with Gasteiger partial charge in [-0.15, -0.1) is 0 Å². The summed E-state index contributed by atoms with van der Waals surface area (Å²) in [5, 5.41) is 7.42. The first-order valence-electron chi connectivity index (χ1n) is 8.74. The van der Waals surface area contributed by atoms with Crippen molar-refractivity contribution < 1.29 is 9.53 Å². The number of piperidine rings is 1. The van der Waals surface area contributed by atoms with Crippen LogP contribution < -0.4 is 5.32 Å². The number of ether oxygens (including phenoxy) is 1. The maximum atomic E-state index is 12.1. The molecule has 2 amide bonds. The fourth-order valence-corrected chi connectivity index (χ4v) is 3.87. The predicted octanol–water partition coefficient (Wildman–Crippen LogP) is 1.06. The number of hydrogen-bond donors (Lipinski definition) is 1. The number of likely N-dealkylation sites (tertiary alicyclic amines) is 1. The van der Waals surface area contributed by atoms with Crippen molar-refractivity contribution in [3.05, 3.63) is 18.0 Å². The Labute approximate surface area is 143 Å². The molecule has 2 aliphatic heterocycles. The third kappa shape index (κ3) is 3.72. The summed E-state index contributed by atoms with van der Waals surface area (Å²) in [6, 6.07) is 0.0874. The Kier molecular flexibility index (Phi) is 5.10. The minimum atomic E-state index is -0.0253. The Balaban J connectivity index is 1.60. The van der Waals surface area contributed by atoms with E-state index in [2.05, 4.69) is 21.5 Å². The molecule has 2 fully saturated rings. The average molecular weight is 335 g/mol. The molecular weight excluding hydrogens is 306 g/mol. The fraction of sp³-hybridized carbons (Fsp3) is 0.765. The van der Waals surface area contributed by atoms with Crippen LogP contribution in [0.15, 0.2) is 12.4 Å². The van der Waals surface area contributed by atoms with Gasteiger partial charge in [0.25, 0.3) is 0 Å². The van der Waals surface area contributed by atoms with Gasteiger partial charge in [0, 0.05) is 46.1 Å². The van der Waals surface area contributed by atoms with Crippen molar-refractivity contribution in [1.29, 1.82) is 0 Å². The van der Waals surface area contributed by atoms with Crippen molar-refractivity contribution in [3.8, 4) is 0 Å². The maximum absolute atomic E-state index is 12.1. The summed E-state index contributed by atoms with van der Waals surface area (Å²) in [7, 11) is 5.51. The first-order chi connectivity index (χ1) is 11.5. The van der Waals surface area contributed by atoms with Gasteiger partial charge in [-0.2, -0.15) is 5.10 Å². The largest absolute Gasteiger partial charge is 0.379 e. The molecule has 24 heavy (non-hydrogen) atoms. The van der Waals surface area contributed by atoms with Gasteiger partial charge in [0.15, 0.2) is 0 Å². The molecule has 2 aliphatic rings. The van der Waals surface area contributed by atoms with Crippen LogP contribution in [-0.2, 0) is 18.3 Å². The Morgan fingerprint density at radius 1 is 1.42 bits per heavy atom. The van der Waals surface area contributed by atoms with E-state index in [1.807, 2.05) is 17.9 Å². The SMILES string of the molecule is CN(C)C(=O)NC1COCCC12CCN(Cc1cnn(C)c1)CC2. The highest BCUT2D eigenvalue weighted by Crippen LogP contribution is 2.41. The van der Waals surface area contributed by atoms with Crippen LogP contribution in [0.1, 0.15) is 24.8 Å². The van der Waals surface area contributed by atoms with Gasteiger partial charge in [0.2, 0.25) is 0 Å². The molecule has 2 saturated heterocycles. The van der Waals surface area contributed by atoms with Crippen LogP contribution in [0.25, 0.3) is 0 Å². The minimum Gasteiger partial charge on any atom is -0.379 e. The zero-order valence-corrected chi connectivity index (χ0v) is 15.0. The second-order valence-electron chi connectivity index (χ2n) is 7.38. The highest BCUT2D eigenvalue weighted by Gasteiger charge is 2.44. The highest BCUT2D eigenvalue weighted by molar-refractivity contribution is 5.74. The Bertz CT molecular complexity index is 563. The molecule has 7 heteroatoms. The van der Waals surface area contributed by atoms with Crippen LogP contribution in [-0.4, -0.2) is 72.1 Å². The summed E-state index contributed by atoms with van der Waals surface area (Å²) in [5.74, 6) is 0. The van der Waals surface area contributed by atoms with Gasteiger partial charge < -0.3 is 15.0 Å². The van der Waals surface area contributed by atoms with Crippen molar-refractivity contribution in [1.82, 2.24) is 24.9 Å². The zero-order valence-electron chi connectivity index (χ0n) is 15.0. The van der Waals surface area contributed by atoms with Crippen molar-refractivity contribution in [2.45, 2.75) is 31.8 Å². The fourth-order valence-electron chi connectivity index (χ4n) is 3.87. The highest BCUT2D eigenvalue weighted by atomic mass is 16.5. The topological polar surface area (TPSA) is 62.6 Å². The Hall–Kier alpha value is -1.60. The molecule has 1 aromatic rings. The molecule has 3 heterocycles. The van der Waals surface area contributed by atoms with Crippen LogP contribution in [0.4, 0.5) is 4.79 Å². The predicted molar refractivity (Wildman–Crippen MR) is 91.6 cm³/mol. The van der Waals surface area contributed by atoms with Gasteiger partial charge in [-0.1, -0.05) is 0 Å². The molecule has 0 radical (unpaired) electrons. The number of nitrogens with zero attached hydrogens (tertiary/aromatic N) is 4. The summed E-state index contributed by atoms with van der Waals surface area (Å²) in [6.07, 6.45) is 7.27. The lowest BCUT2D eigenvalue weighted by atomic mass is 9.69. The van der Waals surface area contributed by atoms with Crippen LogP contribution >= 0.6 is 0 Å². The molecule has 0 bridgehead atoms. The number of carbonyl (C=O) groups is 1. The standard InChI is InChI=1S/C17H29N5O2/c1-20(2)16(23)19-15-13-24-9-6-17(15)4-7-22(8-5-17)12-14-10-18-21(3)11-14/h10-11,15H,4-9,12-13H2,1-3H3,(H,19,23). The average Bonchev–Trinajstić information content (AvgIpc) is 2.97. The lowest BCUT2D eigenvalue weighted by Crippen LogP contribution is -2.58. The third-order valence-corrected chi connectivity index (χ3v) is 5.49. The first kappa shape index (κ1) is 17.2. The van der Waals surface area contributed by atoms with Gasteiger partial charge in [-0.25, -0.2) is 4.79 Å². The molecule has 7 nitrogen and oxygen atoms in total. The summed E-state index contributed by atoms with van der Waals surface area (Å²) in [6.45, 7) is 4.50. The van der Waals surface area contributed by atoms with E-state index in [1.165, 1.54) is 5.56 Å². The molecule has 134 valence electrons. The third-order valence-electron chi connectivity index (χ3n) is 5.49. The zero-order chi connectivity index (χ0) is 17.2. The van der Waals surface area contributed by atoms with E-state index < -0.39 is 0 Å². The van der Waals surface area contributed by atoms with Gasteiger partial charge >= 0.3 is 6.03 Å². The van der Waals surface area contributed by atoms with E-state index in [0.717, 1.165) is 45.5 Å². The van der Waals surface area contributed by atoms with Gasteiger partial charge in [-0.05, 0) is 37.8 Å². The number of hydrogen-bond acceptors (Lipinski definition) is 4. The van der Waals surface area contributed by atoms with E-state index in [4.69, 9.17) is 4.74 Å². The monoisotopic (exact) mass is 335 g/mol. The molecule has 1 spiro atoms. The van der Waals surface area contributed by atoms with Crippen molar-refractivity contribution in [2.75, 3.05) is 40.4 Å². The number of urea groups is 1. The Morgan fingerprint density at radius 2 is 2.17 bits per heavy atom. The molecule has 0 aliphatic carbocycles. The van der Waals surface area contributed by atoms with E-state index in [1.54, 1.807) is 19.0 Å². The second-order valence-corrected chi connectivity index (χ2v) is 7.38. The summed E-state index contributed by atoms with van der Waals surface area (Å²) in [5.41, 5.74) is 1.44. The van der Waals surface area contributed by atoms with E-state index in [-0.39, 0.29) is 17.5 Å². The van der Waals surface area contributed by atoms with Crippen LogP contribution in [0.5, 0.6) is 0 Å². The first-order valence-corrected chi connectivity index (χ1v) is 8.74. The minimum absolute atomic E-state index is 0.0253. The molecule has 3 rings (SSSR count). The number of nitrogens with one attached hydrogen (secondary N) is 1. The second kappa shape index (κ2) is 7.11. The quantitative estimate of drug-likeness (QED) is 0.897. The smallest absolute Gasteiger partial charge is 0.317 e. The number of aromatic nitrogens is 2. The molecule has 0 saturated carbocycles. The van der Waals surface area contributed by atoms with E-state index in [0.29, 0.717) is 6.61 Å². The van der Waals surface area contributed by atoms with Gasteiger partial charge in [-0.3, -0.25) is 9.58 Å². The summed E-state index contributed by atoms with van der Waals surface area (Å²) in [4.78, 5) is 16.2. The molecule has 1 unspecified atom stereocenters. The van der Waals surface area contributed by atoms with Gasteiger partial charge in [0.05, 0.1) is 18.8 Å². The molecular formula is C17H29N5O2. The van der Waals surface area contributed by atoms with Crippen molar-refractivity contribution >= 4 is 6.03 Å². The van der Waals surface area contributed by atoms with Crippen molar-refractivity contribution in [3.63, 3.8) is 0 Å². The molecule has 0 aromatic carbocycles. The van der Waals surface area contributed by atoms with Crippen LogP contribution in [0.2, 0.25) is 0 Å².